The van der Waals surface area contributed by atoms with Crippen molar-refractivity contribution >= 4 is 29.5 Å². The minimum absolute atomic E-state index is 0.154. The quantitative estimate of drug-likeness (QED) is 0.114. The van der Waals surface area contributed by atoms with E-state index in [0.717, 1.165) is 6.08 Å². The van der Waals surface area contributed by atoms with Crippen molar-refractivity contribution in [3.8, 4) is 17.2 Å². The summed E-state index contributed by atoms with van der Waals surface area (Å²) in [5.74, 6) is -0.723. The molecule has 0 aliphatic heterocycles. The topological polar surface area (TPSA) is 136 Å². The maximum absolute atomic E-state index is 12.5. The third-order valence-corrected chi connectivity index (χ3v) is 5.28. The minimum Gasteiger partial charge on any atom is -0.491 e. The van der Waals surface area contributed by atoms with Gasteiger partial charge in [0.15, 0.2) is 0 Å². The zero-order chi connectivity index (χ0) is 30.2. The van der Waals surface area contributed by atoms with Crippen molar-refractivity contribution in [2.45, 2.75) is 6.92 Å². The van der Waals surface area contributed by atoms with E-state index in [1.807, 2.05) is 0 Å². The maximum atomic E-state index is 12.5. The van der Waals surface area contributed by atoms with Crippen LogP contribution in [0.15, 0.2) is 85.5 Å². The predicted molar refractivity (Wildman–Crippen MR) is 152 cm³/mol. The van der Waals surface area contributed by atoms with E-state index in [-0.39, 0.29) is 30.6 Å². The Bertz CT molecular complexity index is 1340. The summed E-state index contributed by atoms with van der Waals surface area (Å²) in [5.41, 5.74) is 1.21. The second-order valence-electron chi connectivity index (χ2n) is 8.48. The van der Waals surface area contributed by atoms with Gasteiger partial charge in [0, 0.05) is 18.7 Å². The first-order valence-electron chi connectivity index (χ1n) is 12.9. The number of rotatable bonds is 16. The van der Waals surface area contributed by atoms with Crippen LogP contribution in [-0.4, -0.2) is 63.5 Å². The zero-order valence-electron chi connectivity index (χ0n) is 23.0. The lowest BCUT2D eigenvalue weighted by Crippen LogP contribution is -2.13. The second kappa shape index (κ2) is 17.0. The molecule has 0 heterocycles. The fourth-order valence-electron chi connectivity index (χ4n) is 3.29. The first-order valence-corrected chi connectivity index (χ1v) is 12.9. The van der Waals surface area contributed by atoms with Gasteiger partial charge in [-0.3, -0.25) is 4.79 Å². The van der Waals surface area contributed by atoms with Gasteiger partial charge in [0.05, 0.1) is 37.6 Å². The van der Waals surface area contributed by atoms with Gasteiger partial charge in [0.1, 0.15) is 30.5 Å². The summed E-state index contributed by atoms with van der Waals surface area (Å²) < 4.78 is 31.8. The molecule has 0 aliphatic carbocycles. The van der Waals surface area contributed by atoms with Crippen LogP contribution in [0.1, 0.15) is 27.6 Å². The highest BCUT2D eigenvalue weighted by atomic mass is 16.6. The molecule has 0 saturated carbocycles. The summed E-state index contributed by atoms with van der Waals surface area (Å²) in [6, 6.07) is 18.8. The summed E-state index contributed by atoms with van der Waals surface area (Å²) in [6.45, 7) is 6.49. The molecule has 0 atom stereocenters. The molecule has 3 aromatic rings. The number of esters is 3. The van der Waals surface area contributed by atoms with Crippen LogP contribution < -0.4 is 19.5 Å². The largest absolute Gasteiger partial charge is 0.491 e. The summed E-state index contributed by atoms with van der Waals surface area (Å²) >= 11 is 0. The van der Waals surface area contributed by atoms with Crippen LogP contribution in [0.5, 0.6) is 17.2 Å². The number of benzene rings is 3. The van der Waals surface area contributed by atoms with Crippen LogP contribution in [0.3, 0.4) is 0 Å². The third-order valence-electron chi connectivity index (χ3n) is 5.28. The average molecular weight is 578 g/mol. The molecule has 11 heteroatoms. The van der Waals surface area contributed by atoms with Crippen LogP contribution in [0, 0.1) is 0 Å². The zero-order valence-corrected chi connectivity index (χ0v) is 23.0. The Morgan fingerprint density at radius 3 is 1.60 bits per heavy atom. The molecule has 0 spiro atoms. The fraction of sp³-hybridized carbons (Fsp3) is 0.226. The molecule has 3 rings (SSSR count). The monoisotopic (exact) mass is 577 g/mol. The Hall–Kier alpha value is -5.00. The molecule has 1 N–H and O–H groups in total. The van der Waals surface area contributed by atoms with E-state index >= 15 is 0 Å². The van der Waals surface area contributed by atoms with Crippen LogP contribution in [-0.2, 0) is 23.8 Å². The van der Waals surface area contributed by atoms with Crippen molar-refractivity contribution in [2.24, 2.45) is 0 Å². The number of anilines is 1. The van der Waals surface area contributed by atoms with Crippen LogP contribution in [0.4, 0.5) is 5.69 Å². The molecule has 0 radical (unpaired) electrons. The molecule has 220 valence electrons. The van der Waals surface area contributed by atoms with Gasteiger partial charge in [0.25, 0.3) is 0 Å². The van der Waals surface area contributed by atoms with E-state index < -0.39 is 17.9 Å². The van der Waals surface area contributed by atoms with Gasteiger partial charge in [-0.25, -0.2) is 14.4 Å². The first-order chi connectivity index (χ1) is 20.3. The Morgan fingerprint density at radius 1 is 0.643 bits per heavy atom. The van der Waals surface area contributed by atoms with Gasteiger partial charge in [-0.1, -0.05) is 6.58 Å². The van der Waals surface area contributed by atoms with E-state index in [4.69, 9.17) is 28.4 Å². The summed E-state index contributed by atoms with van der Waals surface area (Å²) in [5, 5.41) is 2.62. The molecule has 0 aromatic heterocycles. The van der Waals surface area contributed by atoms with Gasteiger partial charge in [-0.05, 0) is 72.8 Å². The van der Waals surface area contributed by atoms with Crippen molar-refractivity contribution in [2.75, 3.05) is 45.0 Å². The fourth-order valence-corrected chi connectivity index (χ4v) is 3.29. The van der Waals surface area contributed by atoms with Gasteiger partial charge < -0.3 is 33.7 Å². The first kappa shape index (κ1) is 31.5. The molecule has 0 fully saturated rings. The summed E-state index contributed by atoms with van der Waals surface area (Å²) in [4.78, 5) is 46.9. The van der Waals surface area contributed by atoms with Gasteiger partial charge >= 0.3 is 17.9 Å². The summed E-state index contributed by atoms with van der Waals surface area (Å²) in [7, 11) is 0. The van der Waals surface area contributed by atoms with E-state index in [1.54, 1.807) is 48.5 Å². The SMILES string of the molecule is C=CC(=O)OCCOCCOCCOc1ccc(C(=O)Oc2ccc(OC(=O)c3ccc(NC(C)=O)cc3)cc2)cc1. The van der Waals surface area contributed by atoms with Gasteiger partial charge in [0.2, 0.25) is 5.91 Å². The Kier molecular flexibility index (Phi) is 12.7. The predicted octanol–water partition coefficient (Wildman–Crippen LogP) is 4.22. The van der Waals surface area contributed by atoms with Crippen molar-refractivity contribution in [3.05, 3.63) is 96.6 Å². The number of ether oxygens (including phenoxy) is 6. The maximum Gasteiger partial charge on any atom is 0.343 e. The normalized spacial score (nSPS) is 10.3. The lowest BCUT2D eigenvalue weighted by Gasteiger charge is -2.09. The van der Waals surface area contributed by atoms with E-state index in [2.05, 4.69) is 11.9 Å². The molecule has 42 heavy (non-hydrogen) atoms. The third kappa shape index (κ3) is 11.2. The van der Waals surface area contributed by atoms with Gasteiger partial charge in [-0.2, -0.15) is 0 Å². The Labute approximate surface area is 242 Å². The van der Waals surface area contributed by atoms with Crippen molar-refractivity contribution in [3.63, 3.8) is 0 Å². The average Bonchev–Trinajstić information content (AvgIpc) is 2.99. The minimum atomic E-state index is -0.572. The molecule has 3 aromatic carbocycles. The molecular weight excluding hydrogens is 546 g/mol. The lowest BCUT2D eigenvalue weighted by atomic mass is 10.2. The van der Waals surface area contributed by atoms with Crippen LogP contribution in [0.2, 0.25) is 0 Å². The molecule has 0 aliphatic rings. The van der Waals surface area contributed by atoms with Crippen LogP contribution >= 0.6 is 0 Å². The van der Waals surface area contributed by atoms with Crippen molar-refractivity contribution in [1.29, 1.82) is 0 Å². The Morgan fingerprint density at radius 2 is 1.10 bits per heavy atom. The summed E-state index contributed by atoms with van der Waals surface area (Å²) in [6.07, 6.45) is 1.09. The number of carbonyl (C=O) groups is 4. The van der Waals surface area contributed by atoms with Crippen molar-refractivity contribution in [1.82, 2.24) is 0 Å². The van der Waals surface area contributed by atoms with Gasteiger partial charge in [-0.15, -0.1) is 0 Å². The molecule has 1 amide bonds. The highest BCUT2D eigenvalue weighted by Crippen LogP contribution is 2.21. The standard InChI is InChI=1S/C31H31NO10/c1-3-29(34)40-21-19-38-17-16-37-18-20-39-26-10-6-24(7-11-26)31(36)42-28-14-12-27(13-15-28)41-30(35)23-4-8-25(9-5-23)32-22(2)33/h3-15H,1,16-21H2,2H3,(H,32,33). The lowest BCUT2D eigenvalue weighted by molar-refractivity contribution is -0.139. The number of carbonyl (C=O) groups excluding carboxylic acids is 4. The van der Waals surface area contributed by atoms with E-state index in [0.29, 0.717) is 49.0 Å². The number of hydrogen-bond acceptors (Lipinski definition) is 10. The highest BCUT2D eigenvalue weighted by molar-refractivity contribution is 5.93. The molecule has 11 nitrogen and oxygen atoms in total. The molecule has 0 unspecified atom stereocenters. The number of nitrogens with one attached hydrogen (secondary N) is 1. The number of amides is 1. The van der Waals surface area contributed by atoms with Crippen molar-refractivity contribution < 1.29 is 47.6 Å². The number of hydrogen-bond donors (Lipinski definition) is 1. The Balaban J connectivity index is 1.34. The van der Waals surface area contributed by atoms with Crippen LogP contribution in [0.25, 0.3) is 0 Å². The second-order valence-corrected chi connectivity index (χ2v) is 8.48. The van der Waals surface area contributed by atoms with E-state index in [1.165, 1.54) is 31.2 Å². The molecule has 0 bridgehead atoms. The molecular formula is C31H31NO10. The smallest absolute Gasteiger partial charge is 0.343 e. The highest BCUT2D eigenvalue weighted by Gasteiger charge is 2.12. The van der Waals surface area contributed by atoms with E-state index in [9.17, 15) is 19.2 Å². The molecule has 0 saturated heterocycles.